The van der Waals surface area contributed by atoms with E-state index in [0.29, 0.717) is 54.6 Å². The zero-order chi connectivity index (χ0) is 26.7. The lowest BCUT2D eigenvalue weighted by Gasteiger charge is -2.20. The second-order valence-electron chi connectivity index (χ2n) is 8.95. The molecule has 0 N–H and O–H groups in total. The van der Waals surface area contributed by atoms with Gasteiger partial charge in [0.1, 0.15) is 12.1 Å². The first-order valence-electron chi connectivity index (χ1n) is 11.5. The van der Waals surface area contributed by atoms with E-state index in [4.69, 9.17) is 0 Å². The Balaban J connectivity index is 1.74. The number of nitrogens with zero attached hydrogens (tertiary/aromatic N) is 6. The van der Waals surface area contributed by atoms with E-state index < -0.39 is 11.9 Å². The van der Waals surface area contributed by atoms with E-state index in [1.807, 2.05) is 35.6 Å². The maximum absolute atomic E-state index is 13.9. The topological polar surface area (TPSA) is 68.8 Å². The summed E-state index contributed by atoms with van der Waals surface area (Å²) >= 11 is 3.44. The number of halogens is 4. The Morgan fingerprint density at radius 3 is 2.57 bits per heavy atom. The van der Waals surface area contributed by atoms with Crippen LogP contribution in [0.25, 0.3) is 11.1 Å². The lowest BCUT2D eigenvalue weighted by molar-refractivity contribution is -0.140. The number of aromatic nitrogens is 5. The fourth-order valence-corrected chi connectivity index (χ4v) is 4.71. The molecule has 11 heteroatoms. The van der Waals surface area contributed by atoms with E-state index >= 15 is 0 Å². The summed E-state index contributed by atoms with van der Waals surface area (Å²) in [6.45, 7) is 3.26. The quantitative estimate of drug-likeness (QED) is 0.254. The molecule has 0 spiro atoms. The number of carbonyl (C=O) groups is 1. The number of carbonyl (C=O) groups excluding carboxylic acids is 1. The third-order valence-corrected chi connectivity index (χ3v) is 6.58. The minimum absolute atomic E-state index is 0.0476. The molecule has 7 nitrogen and oxygen atoms in total. The third kappa shape index (κ3) is 6.34. The van der Waals surface area contributed by atoms with Gasteiger partial charge in [-0.3, -0.25) is 14.5 Å². The molecule has 4 aromatic rings. The average Bonchev–Trinajstić information content (AvgIpc) is 3.42. The Bertz CT molecular complexity index is 1410. The molecule has 3 heterocycles. The summed E-state index contributed by atoms with van der Waals surface area (Å²) in [6, 6.07) is 7.22. The lowest BCUT2D eigenvalue weighted by atomic mass is 9.91. The molecule has 194 valence electrons. The standard InChI is InChI=1S/C26H26BrF3N6O/c1-17-31-7-9-36(17)13-18-10-19(16-37)22(5-8-34(2)14-21-12-20(27)4-6-32-21)23(11-18)24-15-35(3)33-25(24)26(28,29)30/h4,6-7,9-12,15-16H,5,8,13-14H2,1-3H3. The minimum Gasteiger partial charge on any atom is -0.331 e. The van der Waals surface area contributed by atoms with Gasteiger partial charge in [-0.15, -0.1) is 0 Å². The molecule has 37 heavy (non-hydrogen) atoms. The van der Waals surface area contributed by atoms with Crippen molar-refractivity contribution in [2.45, 2.75) is 32.6 Å². The summed E-state index contributed by atoms with van der Waals surface area (Å²) in [5, 5.41) is 3.70. The Labute approximate surface area is 221 Å². The van der Waals surface area contributed by atoms with Crippen LogP contribution in [0.4, 0.5) is 13.2 Å². The van der Waals surface area contributed by atoms with Crippen LogP contribution in [0, 0.1) is 6.92 Å². The van der Waals surface area contributed by atoms with Crippen LogP contribution in [-0.2, 0) is 32.7 Å². The highest BCUT2D eigenvalue weighted by atomic mass is 79.9. The molecule has 0 fully saturated rings. The van der Waals surface area contributed by atoms with Crippen molar-refractivity contribution >= 4 is 22.2 Å². The van der Waals surface area contributed by atoms with Crippen molar-refractivity contribution in [3.63, 3.8) is 0 Å². The van der Waals surface area contributed by atoms with Gasteiger partial charge in [-0.25, -0.2) is 4.98 Å². The van der Waals surface area contributed by atoms with Gasteiger partial charge >= 0.3 is 6.18 Å². The number of imidazole rings is 1. The number of aryl methyl sites for hydroxylation is 2. The molecule has 3 aromatic heterocycles. The number of aldehydes is 1. The summed E-state index contributed by atoms with van der Waals surface area (Å²) < 4.78 is 45.7. The monoisotopic (exact) mass is 574 g/mol. The van der Waals surface area contributed by atoms with Gasteiger partial charge in [-0.05, 0) is 61.3 Å². The summed E-state index contributed by atoms with van der Waals surface area (Å²) in [6.07, 6.45) is 2.95. The van der Waals surface area contributed by atoms with Crippen LogP contribution in [0.3, 0.4) is 0 Å². The molecule has 0 atom stereocenters. The Hall–Kier alpha value is -3.31. The molecular formula is C26H26BrF3N6O. The molecule has 0 radical (unpaired) electrons. The number of alkyl halides is 3. The van der Waals surface area contributed by atoms with Crippen molar-refractivity contribution < 1.29 is 18.0 Å². The van der Waals surface area contributed by atoms with Gasteiger partial charge in [0, 0.05) is 67.1 Å². The Morgan fingerprint density at radius 1 is 1.14 bits per heavy atom. The molecule has 4 rings (SSSR count). The maximum atomic E-state index is 13.9. The van der Waals surface area contributed by atoms with Crippen LogP contribution in [0.5, 0.6) is 0 Å². The highest BCUT2D eigenvalue weighted by molar-refractivity contribution is 9.10. The van der Waals surface area contributed by atoms with Crippen LogP contribution >= 0.6 is 15.9 Å². The van der Waals surface area contributed by atoms with Crippen LogP contribution in [0.2, 0.25) is 0 Å². The third-order valence-electron chi connectivity index (χ3n) is 6.09. The number of benzene rings is 1. The molecule has 0 aliphatic heterocycles. The van der Waals surface area contributed by atoms with E-state index in [1.54, 1.807) is 30.7 Å². The number of hydrogen-bond acceptors (Lipinski definition) is 5. The summed E-state index contributed by atoms with van der Waals surface area (Å²) in [7, 11) is 3.36. The van der Waals surface area contributed by atoms with E-state index in [9.17, 15) is 18.0 Å². The van der Waals surface area contributed by atoms with Gasteiger partial charge in [0.15, 0.2) is 5.69 Å². The number of hydrogen-bond donors (Lipinski definition) is 0. The second-order valence-corrected chi connectivity index (χ2v) is 9.86. The summed E-state index contributed by atoms with van der Waals surface area (Å²) in [4.78, 5) is 22.8. The van der Waals surface area contributed by atoms with E-state index in [2.05, 4.69) is 31.0 Å². The highest BCUT2D eigenvalue weighted by Crippen LogP contribution is 2.38. The van der Waals surface area contributed by atoms with Crippen LogP contribution < -0.4 is 0 Å². The predicted molar refractivity (Wildman–Crippen MR) is 137 cm³/mol. The SMILES string of the molecule is Cc1nccn1Cc1cc(C=O)c(CCN(C)Cc2cc(Br)ccn2)c(-c2cn(C)nc2C(F)(F)F)c1. The van der Waals surface area contributed by atoms with Gasteiger partial charge in [0.2, 0.25) is 0 Å². The lowest BCUT2D eigenvalue weighted by Crippen LogP contribution is -2.22. The van der Waals surface area contributed by atoms with E-state index in [-0.39, 0.29) is 5.56 Å². The zero-order valence-corrected chi connectivity index (χ0v) is 22.2. The van der Waals surface area contributed by atoms with Crippen molar-refractivity contribution in [1.29, 1.82) is 0 Å². The van der Waals surface area contributed by atoms with Gasteiger partial charge in [0.05, 0.1) is 5.69 Å². The van der Waals surface area contributed by atoms with E-state index in [0.717, 1.165) is 20.7 Å². The zero-order valence-electron chi connectivity index (χ0n) is 20.6. The molecule has 0 unspecified atom stereocenters. The minimum atomic E-state index is -4.64. The molecule has 0 saturated heterocycles. The first-order valence-corrected chi connectivity index (χ1v) is 12.3. The first-order chi connectivity index (χ1) is 17.5. The number of rotatable bonds is 9. The molecule has 0 saturated carbocycles. The van der Waals surface area contributed by atoms with Crippen molar-refractivity contribution in [2.75, 3.05) is 13.6 Å². The average molecular weight is 575 g/mol. The van der Waals surface area contributed by atoms with Crippen molar-refractivity contribution in [1.82, 2.24) is 29.2 Å². The van der Waals surface area contributed by atoms with E-state index in [1.165, 1.54) is 13.2 Å². The summed E-state index contributed by atoms with van der Waals surface area (Å²) in [5.41, 5.74) is 1.79. The van der Waals surface area contributed by atoms with Crippen molar-refractivity contribution in [3.05, 3.63) is 87.4 Å². The maximum Gasteiger partial charge on any atom is 0.435 e. The molecule has 0 aliphatic carbocycles. The number of pyridine rings is 1. The molecule has 0 aliphatic rings. The van der Waals surface area contributed by atoms with Gasteiger partial charge in [-0.1, -0.05) is 15.9 Å². The van der Waals surface area contributed by atoms with Gasteiger partial charge in [-0.2, -0.15) is 18.3 Å². The highest BCUT2D eigenvalue weighted by Gasteiger charge is 2.38. The van der Waals surface area contributed by atoms with Crippen LogP contribution in [-0.4, -0.2) is 49.1 Å². The number of likely N-dealkylation sites (N-methyl/N-ethyl adjacent to an activating group) is 1. The molecule has 0 bridgehead atoms. The van der Waals surface area contributed by atoms with Crippen LogP contribution in [0.1, 0.15) is 38.7 Å². The molecule has 0 amide bonds. The predicted octanol–water partition coefficient (Wildman–Crippen LogP) is 5.30. The van der Waals surface area contributed by atoms with Crippen molar-refractivity contribution in [2.24, 2.45) is 7.05 Å². The second kappa shape index (κ2) is 11.0. The first kappa shape index (κ1) is 26.7. The fourth-order valence-electron chi connectivity index (χ4n) is 4.33. The normalized spacial score (nSPS) is 11.9. The summed E-state index contributed by atoms with van der Waals surface area (Å²) in [5.74, 6) is 0.762. The Kier molecular flexibility index (Phi) is 7.93. The largest absolute Gasteiger partial charge is 0.435 e. The van der Waals surface area contributed by atoms with Crippen LogP contribution in [0.15, 0.2) is 53.5 Å². The van der Waals surface area contributed by atoms with Gasteiger partial charge < -0.3 is 9.47 Å². The molecule has 1 aromatic carbocycles. The smallest absolute Gasteiger partial charge is 0.331 e. The Morgan fingerprint density at radius 2 is 1.92 bits per heavy atom. The molecular weight excluding hydrogens is 549 g/mol. The van der Waals surface area contributed by atoms with Gasteiger partial charge in [0.25, 0.3) is 0 Å². The van der Waals surface area contributed by atoms with Crippen molar-refractivity contribution in [3.8, 4) is 11.1 Å². The fraction of sp³-hybridized carbons (Fsp3) is 0.308.